The summed E-state index contributed by atoms with van der Waals surface area (Å²) in [6, 6.07) is 0. The quantitative estimate of drug-likeness (QED) is 0.411. The fraction of sp³-hybridized carbons (Fsp3) is 0.500. The molecule has 7 nitrogen and oxygen atoms in total. The van der Waals surface area contributed by atoms with Crippen LogP contribution in [0.15, 0.2) is 9.32 Å². The SMILES string of the molecule is BC(B)(B)N(CC(=O)OC)c1nc(=O)o[nH]1. The summed E-state index contributed by atoms with van der Waals surface area (Å²) in [5.74, 6) is -0.934. The fourth-order valence-corrected chi connectivity index (χ4v) is 1.16. The van der Waals surface area contributed by atoms with Crippen molar-refractivity contribution in [1.82, 2.24) is 10.1 Å². The maximum Gasteiger partial charge on any atom is 0.461 e. The molecule has 0 saturated heterocycles. The first-order chi connectivity index (χ1) is 7.34. The molecule has 84 valence electrons. The molecule has 0 unspecified atom stereocenters. The Hall–Kier alpha value is -1.60. The molecule has 0 saturated carbocycles. The van der Waals surface area contributed by atoms with Gasteiger partial charge in [0.25, 0.3) is 0 Å². The number of anilines is 1. The van der Waals surface area contributed by atoms with Crippen molar-refractivity contribution in [2.24, 2.45) is 0 Å². The standard InChI is InChI=1S/C6H12B3N3O4/c1-15-3(13)2-12(6(7,8)9)4-10-5(14)16-11-4/h2,7-9H2,1H3,(H,10,11,14). The van der Waals surface area contributed by atoms with Gasteiger partial charge in [-0.25, -0.2) is 4.79 Å². The van der Waals surface area contributed by atoms with E-state index < -0.39 is 17.0 Å². The summed E-state index contributed by atoms with van der Waals surface area (Å²) in [5, 5.41) is 1.97. The molecule has 0 bridgehead atoms. The molecule has 1 N–H and O–H groups in total. The fourth-order valence-electron chi connectivity index (χ4n) is 1.16. The summed E-state index contributed by atoms with van der Waals surface area (Å²) >= 11 is 0. The van der Waals surface area contributed by atoms with Crippen LogP contribution in [0, 0.1) is 0 Å². The highest BCUT2D eigenvalue weighted by Crippen LogP contribution is 2.11. The van der Waals surface area contributed by atoms with Crippen molar-refractivity contribution in [3.8, 4) is 0 Å². The zero-order valence-corrected chi connectivity index (χ0v) is 9.73. The van der Waals surface area contributed by atoms with Crippen molar-refractivity contribution in [1.29, 1.82) is 0 Å². The Bertz CT molecular complexity index is 423. The second-order valence-electron chi connectivity index (χ2n) is 4.24. The average Bonchev–Trinajstić information content (AvgIpc) is 2.58. The number of hydrogen-bond acceptors (Lipinski definition) is 6. The first-order valence-corrected chi connectivity index (χ1v) is 4.74. The smallest absolute Gasteiger partial charge is 0.461 e. The van der Waals surface area contributed by atoms with Crippen LogP contribution in [-0.4, -0.2) is 58.5 Å². The van der Waals surface area contributed by atoms with E-state index in [1.165, 1.54) is 7.11 Å². The first-order valence-electron chi connectivity index (χ1n) is 4.74. The van der Waals surface area contributed by atoms with Crippen LogP contribution in [0.3, 0.4) is 0 Å². The van der Waals surface area contributed by atoms with Gasteiger partial charge in [-0.15, -0.1) is 4.98 Å². The van der Waals surface area contributed by atoms with Gasteiger partial charge >= 0.3 is 11.7 Å². The van der Waals surface area contributed by atoms with Gasteiger partial charge in [0.05, 0.1) is 7.11 Å². The molecule has 0 fully saturated rings. The molecule has 1 aromatic heterocycles. The summed E-state index contributed by atoms with van der Waals surface area (Å²) in [6.45, 7) is -0.0114. The van der Waals surface area contributed by atoms with Gasteiger partial charge in [0.2, 0.25) is 5.95 Å². The largest absolute Gasteiger partial charge is 0.468 e. The van der Waals surface area contributed by atoms with E-state index in [4.69, 9.17) is 0 Å². The van der Waals surface area contributed by atoms with Gasteiger partial charge in [0.15, 0.2) is 0 Å². The van der Waals surface area contributed by atoms with Gasteiger partial charge in [-0.1, -0.05) is 0 Å². The molecular weight excluding hydrogens is 211 g/mol. The Kier molecular flexibility index (Phi) is 3.51. The van der Waals surface area contributed by atoms with E-state index in [-0.39, 0.29) is 12.5 Å². The van der Waals surface area contributed by atoms with Crippen molar-refractivity contribution < 1.29 is 14.1 Å². The number of esters is 1. The van der Waals surface area contributed by atoms with E-state index >= 15 is 0 Å². The summed E-state index contributed by atoms with van der Waals surface area (Å²) < 4.78 is 9.04. The molecule has 1 heterocycles. The minimum absolute atomic E-state index is 0.0114. The van der Waals surface area contributed by atoms with Crippen LogP contribution >= 0.6 is 0 Å². The third-order valence-corrected chi connectivity index (χ3v) is 2.01. The number of methoxy groups -OCH3 is 1. The van der Waals surface area contributed by atoms with Gasteiger partial charge in [0, 0.05) is 0 Å². The van der Waals surface area contributed by atoms with Crippen LogP contribution in [-0.2, 0) is 9.53 Å². The van der Waals surface area contributed by atoms with Crippen molar-refractivity contribution >= 4 is 35.5 Å². The van der Waals surface area contributed by atoms with E-state index in [2.05, 4.69) is 19.4 Å². The van der Waals surface area contributed by atoms with Gasteiger partial charge in [0.1, 0.15) is 30.1 Å². The lowest BCUT2D eigenvalue weighted by Gasteiger charge is -2.34. The Morgan fingerprint density at radius 2 is 2.25 bits per heavy atom. The molecule has 0 aromatic carbocycles. The highest BCUT2D eigenvalue weighted by molar-refractivity contribution is 6.60. The summed E-state index contributed by atoms with van der Waals surface area (Å²) in [7, 11) is 6.93. The van der Waals surface area contributed by atoms with E-state index in [0.717, 1.165) is 0 Å². The number of nitrogens with zero attached hydrogens (tertiary/aromatic N) is 2. The minimum Gasteiger partial charge on any atom is -0.468 e. The van der Waals surface area contributed by atoms with Crippen LogP contribution < -0.4 is 10.7 Å². The molecule has 1 aromatic rings. The number of H-pyrrole nitrogens is 1. The van der Waals surface area contributed by atoms with Crippen LogP contribution in [0.25, 0.3) is 0 Å². The Balaban J connectivity index is 2.97. The number of ether oxygens (including phenoxy) is 1. The van der Waals surface area contributed by atoms with Crippen LogP contribution in [0.1, 0.15) is 0 Å². The molecular formula is C6H12B3N3O4. The van der Waals surface area contributed by atoms with Crippen molar-refractivity contribution in [2.75, 3.05) is 18.6 Å². The predicted molar refractivity (Wildman–Crippen MR) is 64.8 cm³/mol. The number of aromatic nitrogens is 2. The van der Waals surface area contributed by atoms with E-state index in [0.29, 0.717) is 0 Å². The molecule has 0 aliphatic rings. The molecule has 0 aliphatic heterocycles. The summed E-state index contributed by atoms with van der Waals surface area (Å²) in [5.41, 5.74) is 0. The third kappa shape index (κ3) is 2.95. The summed E-state index contributed by atoms with van der Waals surface area (Å²) in [6.07, 6.45) is 0. The van der Waals surface area contributed by atoms with Crippen LogP contribution in [0.4, 0.5) is 5.95 Å². The highest BCUT2D eigenvalue weighted by atomic mass is 16.5. The molecule has 0 radical (unpaired) electrons. The van der Waals surface area contributed by atoms with Crippen molar-refractivity contribution in [3.05, 3.63) is 10.6 Å². The van der Waals surface area contributed by atoms with Crippen LogP contribution in [0.5, 0.6) is 0 Å². The Morgan fingerprint density at radius 1 is 1.62 bits per heavy atom. The monoisotopic (exact) mass is 223 g/mol. The van der Waals surface area contributed by atoms with Gasteiger partial charge in [-0.2, -0.15) is 5.16 Å². The minimum atomic E-state index is -0.728. The normalized spacial score (nSPS) is 11.1. The van der Waals surface area contributed by atoms with E-state index in [9.17, 15) is 9.59 Å². The molecule has 0 aliphatic carbocycles. The lowest BCUT2D eigenvalue weighted by atomic mass is 9.48. The molecule has 0 atom stereocenters. The maximum atomic E-state index is 11.2. The lowest BCUT2D eigenvalue weighted by molar-refractivity contribution is -0.139. The topological polar surface area (TPSA) is 88.4 Å². The lowest BCUT2D eigenvalue weighted by Crippen LogP contribution is -2.53. The zero-order chi connectivity index (χ0) is 12.3. The molecule has 1 rings (SSSR count). The molecule has 10 heteroatoms. The first kappa shape index (κ1) is 12.5. The van der Waals surface area contributed by atoms with E-state index in [1.807, 2.05) is 23.5 Å². The van der Waals surface area contributed by atoms with Gasteiger partial charge in [-0.3, -0.25) is 4.79 Å². The molecule has 0 spiro atoms. The third-order valence-electron chi connectivity index (χ3n) is 2.01. The number of carbonyl (C=O) groups excluding carboxylic acids is 1. The maximum absolute atomic E-state index is 11.2. The number of aromatic amines is 1. The second-order valence-corrected chi connectivity index (χ2v) is 4.24. The zero-order valence-electron chi connectivity index (χ0n) is 9.73. The van der Waals surface area contributed by atoms with Crippen molar-refractivity contribution in [2.45, 2.75) is 5.24 Å². The Labute approximate surface area is 94.7 Å². The summed E-state index contributed by atoms with van der Waals surface area (Å²) in [4.78, 5) is 27.3. The Morgan fingerprint density at radius 3 is 2.62 bits per heavy atom. The molecule has 0 amide bonds. The van der Waals surface area contributed by atoms with Gasteiger partial charge in [-0.05, 0) is 5.24 Å². The number of hydrogen-bond donors (Lipinski definition) is 1. The molecule has 16 heavy (non-hydrogen) atoms. The highest BCUT2D eigenvalue weighted by Gasteiger charge is 2.27. The van der Waals surface area contributed by atoms with Gasteiger partial charge < -0.3 is 14.2 Å². The van der Waals surface area contributed by atoms with E-state index in [1.54, 1.807) is 4.90 Å². The average molecular weight is 223 g/mol. The van der Waals surface area contributed by atoms with Crippen molar-refractivity contribution in [3.63, 3.8) is 0 Å². The van der Waals surface area contributed by atoms with Crippen LogP contribution in [0.2, 0.25) is 0 Å². The number of nitrogens with one attached hydrogen (secondary N) is 1. The number of rotatable bonds is 4. The second kappa shape index (κ2) is 4.50. The predicted octanol–water partition coefficient (Wildman–Crippen LogP) is -4.15. The number of carbonyl (C=O) groups is 1.